The second-order valence-electron chi connectivity index (χ2n) is 5.42. The minimum atomic E-state index is 0.381. The van der Waals surface area contributed by atoms with Gasteiger partial charge in [-0.25, -0.2) is 9.97 Å². The fourth-order valence-corrected chi connectivity index (χ4v) is 3.22. The molecule has 0 aromatic carbocycles. The van der Waals surface area contributed by atoms with E-state index in [1.54, 1.807) is 11.3 Å². The van der Waals surface area contributed by atoms with Gasteiger partial charge in [-0.1, -0.05) is 17.7 Å². The van der Waals surface area contributed by atoms with Crippen molar-refractivity contribution in [2.75, 3.05) is 11.9 Å². The van der Waals surface area contributed by atoms with E-state index in [9.17, 15) is 0 Å². The summed E-state index contributed by atoms with van der Waals surface area (Å²) in [6.07, 6.45) is 3.40. The van der Waals surface area contributed by atoms with Crippen LogP contribution in [0.2, 0.25) is 5.15 Å². The first-order chi connectivity index (χ1) is 9.63. The molecular formula is C15H18ClN3S. The molecule has 0 spiro atoms. The summed E-state index contributed by atoms with van der Waals surface area (Å²) in [6, 6.07) is 6.52. The van der Waals surface area contributed by atoms with E-state index in [1.165, 1.54) is 17.7 Å². The van der Waals surface area contributed by atoms with Crippen LogP contribution in [0.15, 0.2) is 23.6 Å². The van der Waals surface area contributed by atoms with Crippen LogP contribution in [0.1, 0.15) is 36.4 Å². The van der Waals surface area contributed by atoms with Crippen LogP contribution in [-0.4, -0.2) is 23.1 Å². The zero-order chi connectivity index (χ0) is 14.1. The Morgan fingerprint density at radius 2 is 2.25 bits per heavy atom. The Morgan fingerprint density at radius 1 is 1.45 bits per heavy atom. The molecule has 20 heavy (non-hydrogen) atoms. The molecule has 3 nitrogen and oxygen atoms in total. The van der Waals surface area contributed by atoms with Crippen molar-refractivity contribution in [2.24, 2.45) is 0 Å². The van der Waals surface area contributed by atoms with Crippen LogP contribution in [0.4, 0.5) is 5.82 Å². The predicted molar refractivity (Wildman–Crippen MR) is 84.9 cm³/mol. The molecular weight excluding hydrogens is 290 g/mol. The van der Waals surface area contributed by atoms with Crippen LogP contribution in [0.5, 0.6) is 0 Å². The SMILES string of the molecule is CC(Cc1cccs1)N(C)c1cc(Cl)nc(C2CC2)n1. The Hall–Kier alpha value is -1.13. The van der Waals surface area contributed by atoms with Gasteiger partial charge in [0.25, 0.3) is 0 Å². The highest BCUT2D eigenvalue weighted by Crippen LogP contribution is 2.39. The van der Waals surface area contributed by atoms with Crippen LogP contribution in [0.25, 0.3) is 0 Å². The molecule has 0 aliphatic heterocycles. The highest BCUT2D eigenvalue weighted by atomic mass is 35.5. The Bertz CT molecular complexity index is 581. The van der Waals surface area contributed by atoms with Crippen LogP contribution < -0.4 is 4.90 Å². The van der Waals surface area contributed by atoms with Gasteiger partial charge in [-0.2, -0.15) is 0 Å². The van der Waals surface area contributed by atoms with Gasteiger partial charge in [-0.05, 0) is 31.2 Å². The maximum Gasteiger partial charge on any atom is 0.135 e. The predicted octanol–water partition coefficient (Wildman–Crippen LogP) is 4.14. The first kappa shape index (κ1) is 13.8. The van der Waals surface area contributed by atoms with Crippen molar-refractivity contribution in [2.45, 2.75) is 38.1 Å². The Labute approximate surface area is 128 Å². The topological polar surface area (TPSA) is 29.0 Å². The molecule has 2 aromatic heterocycles. The van der Waals surface area contributed by atoms with Crippen molar-refractivity contribution in [1.82, 2.24) is 9.97 Å². The number of rotatable bonds is 5. The molecule has 1 saturated carbocycles. The smallest absolute Gasteiger partial charge is 0.135 e. The number of anilines is 1. The van der Waals surface area contributed by atoms with E-state index in [0.29, 0.717) is 17.1 Å². The summed E-state index contributed by atoms with van der Waals surface area (Å²) in [4.78, 5) is 12.6. The second kappa shape index (κ2) is 5.70. The van der Waals surface area contributed by atoms with Crippen molar-refractivity contribution in [3.8, 4) is 0 Å². The van der Waals surface area contributed by atoms with Crippen LogP contribution in [0.3, 0.4) is 0 Å². The maximum atomic E-state index is 6.14. The van der Waals surface area contributed by atoms with Crippen molar-refractivity contribution in [1.29, 1.82) is 0 Å². The summed E-state index contributed by atoms with van der Waals surface area (Å²) in [6.45, 7) is 2.21. The van der Waals surface area contributed by atoms with Crippen molar-refractivity contribution >= 4 is 28.8 Å². The fourth-order valence-electron chi connectivity index (χ4n) is 2.21. The first-order valence-electron chi connectivity index (χ1n) is 6.93. The lowest BCUT2D eigenvalue weighted by molar-refractivity contribution is 0.676. The van der Waals surface area contributed by atoms with Crippen LogP contribution >= 0.6 is 22.9 Å². The van der Waals surface area contributed by atoms with Crippen LogP contribution in [0, 0.1) is 0 Å². The summed E-state index contributed by atoms with van der Waals surface area (Å²) in [5, 5.41) is 2.67. The van der Waals surface area contributed by atoms with Crippen molar-refractivity contribution in [3.63, 3.8) is 0 Å². The van der Waals surface area contributed by atoms with E-state index in [0.717, 1.165) is 18.1 Å². The van der Waals surface area contributed by atoms with E-state index in [4.69, 9.17) is 11.6 Å². The molecule has 1 atom stereocenters. The molecule has 2 aromatic rings. The molecule has 1 unspecified atom stereocenters. The van der Waals surface area contributed by atoms with E-state index in [-0.39, 0.29) is 0 Å². The fraction of sp³-hybridized carbons (Fsp3) is 0.467. The quantitative estimate of drug-likeness (QED) is 0.778. The first-order valence-corrected chi connectivity index (χ1v) is 8.19. The Morgan fingerprint density at radius 3 is 2.90 bits per heavy atom. The monoisotopic (exact) mass is 307 g/mol. The number of likely N-dealkylation sites (N-methyl/N-ethyl adjacent to an activating group) is 1. The van der Waals surface area contributed by atoms with Gasteiger partial charge in [0.15, 0.2) is 0 Å². The maximum absolute atomic E-state index is 6.14. The third-order valence-corrected chi connectivity index (χ3v) is 4.83. The molecule has 3 rings (SSSR count). The highest BCUT2D eigenvalue weighted by molar-refractivity contribution is 7.09. The van der Waals surface area contributed by atoms with Crippen LogP contribution in [-0.2, 0) is 6.42 Å². The number of hydrogen-bond donors (Lipinski definition) is 0. The van der Waals surface area contributed by atoms with Gasteiger partial charge < -0.3 is 4.90 Å². The molecule has 0 saturated heterocycles. The second-order valence-corrected chi connectivity index (χ2v) is 6.84. The molecule has 0 radical (unpaired) electrons. The van der Waals surface area contributed by atoms with Gasteiger partial charge in [0.1, 0.15) is 16.8 Å². The summed E-state index contributed by atoms with van der Waals surface area (Å²) >= 11 is 7.94. The molecule has 0 amide bonds. The molecule has 1 aliphatic carbocycles. The van der Waals surface area contributed by atoms with E-state index in [2.05, 4.69) is 46.4 Å². The average molecular weight is 308 g/mol. The highest BCUT2D eigenvalue weighted by Gasteiger charge is 2.28. The lowest BCUT2D eigenvalue weighted by atomic mass is 10.2. The zero-order valence-electron chi connectivity index (χ0n) is 11.7. The Balaban J connectivity index is 1.76. The van der Waals surface area contributed by atoms with E-state index in [1.807, 2.05) is 6.07 Å². The number of hydrogen-bond acceptors (Lipinski definition) is 4. The van der Waals surface area contributed by atoms with Crippen molar-refractivity contribution < 1.29 is 0 Å². The zero-order valence-corrected chi connectivity index (χ0v) is 13.3. The van der Waals surface area contributed by atoms with Gasteiger partial charge in [0.2, 0.25) is 0 Å². The number of nitrogens with zero attached hydrogens (tertiary/aromatic N) is 3. The molecule has 0 bridgehead atoms. The molecule has 0 N–H and O–H groups in total. The average Bonchev–Trinajstić information content (AvgIpc) is 3.16. The lowest BCUT2D eigenvalue weighted by Crippen LogP contribution is -2.31. The lowest BCUT2D eigenvalue weighted by Gasteiger charge is -2.26. The minimum Gasteiger partial charge on any atom is -0.356 e. The summed E-state index contributed by atoms with van der Waals surface area (Å²) in [5.41, 5.74) is 0. The summed E-state index contributed by atoms with van der Waals surface area (Å²) in [7, 11) is 2.08. The molecule has 2 heterocycles. The third-order valence-electron chi connectivity index (χ3n) is 3.74. The van der Waals surface area contributed by atoms with Gasteiger partial charge >= 0.3 is 0 Å². The van der Waals surface area contributed by atoms with Gasteiger partial charge in [0.05, 0.1) is 0 Å². The molecule has 106 valence electrons. The summed E-state index contributed by atoms with van der Waals surface area (Å²) in [5.74, 6) is 2.35. The largest absolute Gasteiger partial charge is 0.356 e. The standard InChI is InChI=1S/C15H18ClN3S/c1-10(8-12-4-3-7-20-12)19(2)14-9-13(16)17-15(18-14)11-5-6-11/h3-4,7,9-11H,5-6,8H2,1-2H3. The van der Waals surface area contributed by atoms with Gasteiger partial charge in [-0.3, -0.25) is 0 Å². The van der Waals surface area contributed by atoms with E-state index >= 15 is 0 Å². The van der Waals surface area contributed by atoms with E-state index < -0.39 is 0 Å². The number of thiophene rings is 1. The third kappa shape index (κ3) is 3.13. The summed E-state index contributed by atoms with van der Waals surface area (Å²) < 4.78 is 0. The Kier molecular flexibility index (Phi) is 3.94. The van der Waals surface area contributed by atoms with Gasteiger partial charge in [0, 0.05) is 36.4 Å². The number of aromatic nitrogens is 2. The molecule has 1 fully saturated rings. The van der Waals surface area contributed by atoms with Crippen molar-refractivity contribution in [3.05, 3.63) is 39.4 Å². The normalized spacial score (nSPS) is 16.1. The van der Waals surface area contributed by atoms with Gasteiger partial charge in [-0.15, -0.1) is 11.3 Å². The molecule has 1 aliphatic rings. The molecule has 5 heteroatoms. The minimum absolute atomic E-state index is 0.381. The number of halogens is 1.